The van der Waals surface area contributed by atoms with Crippen molar-refractivity contribution in [3.8, 4) is 22.8 Å². The van der Waals surface area contributed by atoms with Crippen LogP contribution in [0.4, 0.5) is 11.5 Å². The van der Waals surface area contributed by atoms with E-state index in [1.165, 1.54) is 19.4 Å². The summed E-state index contributed by atoms with van der Waals surface area (Å²) < 4.78 is 8.07. The van der Waals surface area contributed by atoms with E-state index in [-0.39, 0.29) is 30.2 Å². The summed E-state index contributed by atoms with van der Waals surface area (Å²) in [5, 5.41) is 10.9. The first kappa shape index (κ1) is 42.2. The fraction of sp³-hybridized carbons (Fsp3) is 0.490. The van der Waals surface area contributed by atoms with Gasteiger partial charge in [0.25, 0.3) is 11.8 Å². The molecule has 4 saturated heterocycles. The monoisotopic (exact) mass is 868 g/mol. The number of amides is 4. The Morgan fingerprint density at radius 2 is 1.47 bits per heavy atom. The lowest BCUT2D eigenvalue weighted by atomic mass is 9.86. The summed E-state index contributed by atoms with van der Waals surface area (Å²) in [5.74, 6) is 2.22. The number of hydrogen-bond acceptors (Lipinski definition) is 11. The van der Waals surface area contributed by atoms with Crippen molar-refractivity contribution in [2.24, 2.45) is 17.6 Å². The van der Waals surface area contributed by atoms with Gasteiger partial charge in [0.1, 0.15) is 34.6 Å². The Labute approximate surface area is 374 Å². The van der Waals surface area contributed by atoms with Gasteiger partial charge in [-0.2, -0.15) is 5.10 Å². The van der Waals surface area contributed by atoms with E-state index in [2.05, 4.69) is 41.0 Å². The number of ether oxygens (including phenoxy) is 1. The van der Waals surface area contributed by atoms with Crippen molar-refractivity contribution in [1.29, 1.82) is 0 Å². The second-order valence-electron chi connectivity index (χ2n) is 18.6. The van der Waals surface area contributed by atoms with Gasteiger partial charge in [-0.1, -0.05) is 18.2 Å². The van der Waals surface area contributed by atoms with Crippen molar-refractivity contribution in [3.63, 3.8) is 0 Å². The number of primary amides is 1. The van der Waals surface area contributed by atoms with Gasteiger partial charge in [-0.05, 0) is 137 Å². The van der Waals surface area contributed by atoms with Gasteiger partial charge in [0, 0.05) is 82.1 Å². The highest BCUT2D eigenvalue weighted by molar-refractivity contribution is 6.06. The van der Waals surface area contributed by atoms with Gasteiger partial charge < -0.3 is 35.4 Å². The van der Waals surface area contributed by atoms with Crippen LogP contribution in [-0.2, 0) is 16.1 Å². The maximum Gasteiger partial charge on any atom is 0.255 e. The van der Waals surface area contributed by atoms with Gasteiger partial charge in [-0.25, -0.2) is 4.68 Å². The van der Waals surface area contributed by atoms with Crippen molar-refractivity contribution in [1.82, 2.24) is 34.7 Å². The molecule has 1 aromatic heterocycles. The van der Waals surface area contributed by atoms with E-state index in [4.69, 9.17) is 15.6 Å². The number of nitrogens with two attached hydrogens (primary N) is 1. The third kappa shape index (κ3) is 8.85. The molecule has 336 valence electrons. The number of likely N-dealkylation sites (tertiary alicyclic amines) is 2. The second kappa shape index (κ2) is 18.4. The van der Waals surface area contributed by atoms with E-state index in [0.717, 1.165) is 131 Å². The molecule has 4 N–H and O–H groups in total. The number of imide groups is 1. The normalized spacial score (nSPS) is 22.8. The largest absolute Gasteiger partial charge is 0.457 e. The number of aromatic nitrogens is 2. The van der Waals surface area contributed by atoms with E-state index < -0.39 is 11.9 Å². The molecule has 15 nitrogen and oxygen atoms in total. The topological polar surface area (TPSA) is 162 Å². The van der Waals surface area contributed by atoms with Gasteiger partial charge in [0.2, 0.25) is 11.8 Å². The van der Waals surface area contributed by atoms with Crippen molar-refractivity contribution in [3.05, 3.63) is 89.5 Å². The number of carbonyl (C=O) groups excluding carboxylic acids is 4. The SMILES string of the molecule is NC(=O)c1c(-c2ccc(Oc3ccccc3)cc2)nn2c1NCCC2C1CCN(CC2CCN(CCN3CCN(c4ccc5c(c4)CN(C4CCC(=O)NC4=O)C5=O)CC3)CC2)CC1. The molecular weight excluding hydrogens is 809 g/mol. The lowest BCUT2D eigenvalue weighted by Crippen LogP contribution is -2.52. The molecule has 0 bridgehead atoms. The minimum absolute atomic E-state index is 0.125. The van der Waals surface area contributed by atoms with Crippen LogP contribution in [0, 0.1) is 11.8 Å². The summed E-state index contributed by atoms with van der Waals surface area (Å²) in [6.45, 7) is 13.0. The molecular formula is C49H60N10O5. The number of nitrogens with one attached hydrogen (secondary N) is 2. The molecule has 64 heavy (non-hydrogen) atoms. The number of anilines is 2. The highest BCUT2D eigenvalue weighted by atomic mass is 16.5. The van der Waals surface area contributed by atoms with Crippen LogP contribution in [0.3, 0.4) is 0 Å². The number of hydrogen-bond donors (Lipinski definition) is 3. The van der Waals surface area contributed by atoms with Crippen molar-refractivity contribution >= 4 is 35.1 Å². The van der Waals surface area contributed by atoms with Crippen LogP contribution in [0.2, 0.25) is 0 Å². The molecule has 10 rings (SSSR count). The van der Waals surface area contributed by atoms with E-state index in [9.17, 15) is 19.2 Å². The quantitative estimate of drug-likeness (QED) is 0.168. The third-order valence-electron chi connectivity index (χ3n) is 14.7. The Morgan fingerprint density at radius 3 is 2.19 bits per heavy atom. The Kier molecular flexibility index (Phi) is 12.1. The molecule has 0 radical (unpaired) electrons. The lowest BCUT2D eigenvalue weighted by molar-refractivity contribution is -0.136. The Balaban J connectivity index is 0.656. The molecule has 3 aromatic carbocycles. The van der Waals surface area contributed by atoms with E-state index in [1.807, 2.05) is 66.7 Å². The molecule has 2 unspecified atom stereocenters. The zero-order chi connectivity index (χ0) is 43.7. The Bertz CT molecular complexity index is 2350. The maximum atomic E-state index is 13.2. The van der Waals surface area contributed by atoms with E-state index in [0.29, 0.717) is 35.7 Å². The fourth-order valence-electron chi connectivity index (χ4n) is 11.0. The van der Waals surface area contributed by atoms with Crippen LogP contribution >= 0.6 is 0 Å². The summed E-state index contributed by atoms with van der Waals surface area (Å²) in [5.41, 5.74) is 10.7. The van der Waals surface area contributed by atoms with Gasteiger partial charge in [-0.15, -0.1) is 0 Å². The molecule has 4 amide bonds. The minimum atomic E-state index is -0.590. The van der Waals surface area contributed by atoms with Crippen molar-refractivity contribution < 1.29 is 23.9 Å². The van der Waals surface area contributed by atoms with E-state index >= 15 is 0 Å². The van der Waals surface area contributed by atoms with Gasteiger partial charge in [0.15, 0.2) is 0 Å². The number of piperazine rings is 1. The van der Waals surface area contributed by atoms with Crippen LogP contribution in [0.1, 0.15) is 77.3 Å². The number of benzene rings is 3. The molecule has 0 aliphatic carbocycles. The third-order valence-corrected chi connectivity index (χ3v) is 14.7. The zero-order valence-electron chi connectivity index (χ0n) is 36.6. The highest BCUT2D eigenvalue weighted by Gasteiger charge is 2.40. The number of fused-ring (bicyclic) bond motifs is 2. The van der Waals surface area contributed by atoms with Crippen molar-refractivity contribution in [2.45, 2.75) is 63.6 Å². The molecule has 2 atom stereocenters. The average Bonchev–Trinajstić information content (AvgIpc) is 3.87. The zero-order valence-corrected chi connectivity index (χ0v) is 36.6. The molecule has 0 saturated carbocycles. The van der Waals surface area contributed by atoms with Gasteiger partial charge in [-0.3, -0.25) is 29.4 Å². The van der Waals surface area contributed by atoms with Gasteiger partial charge in [0.05, 0.1) is 6.04 Å². The van der Waals surface area contributed by atoms with Crippen LogP contribution < -0.4 is 26.0 Å². The summed E-state index contributed by atoms with van der Waals surface area (Å²) >= 11 is 0. The molecule has 4 aromatic rings. The smallest absolute Gasteiger partial charge is 0.255 e. The van der Waals surface area contributed by atoms with Gasteiger partial charge >= 0.3 is 0 Å². The predicted octanol–water partition coefficient (Wildman–Crippen LogP) is 4.81. The maximum absolute atomic E-state index is 13.2. The Morgan fingerprint density at radius 1 is 0.766 bits per heavy atom. The standard InChI is InChI=1S/C49H60N10O5/c50-46(61)44-45(35-6-9-39(10-7-35)64-38-4-2-1-3-5-38)53-59-41(14-19-51-47(44)59)34-17-22-56(23-18-34)31-33-15-20-54(21-16-33)24-25-55-26-28-57(29-27-55)37-8-11-40-36(30-37)32-58(49(40)63)42-12-13-43(60)52-48(42)62/h1-11,30,33-34,41-42,51H,12-29,31-32H2,(H2,50,61)(H,52,60,62). The molecule has 6 aliphatic heterocycles. The molecule has 0 spiro atoms. The first-order chi connectivity index (χ1) is 31.2. The summed E-state index contributed by atoms with van der Waals surface area (Å²) in [6.07, 6.45) is 6.35. The predicted molar refractivity (Wildman–Crippen MR) is 244 cm³/mol. The highest BCUT2D eigenvalue weighted by Crippen LogP contribution is 2.41. The fourth-order valence-corrected chi connectivity index (χ4v) is 11.0. The molecule has 7 heterocycles. The summed E-state index contributed by atoms with van der Waals surface area (Å²) in [4.78, 5) is 62.1. The molecule has 15 heteroatoms. The average molecular weight is 869 g/mol. The molecule has 4 fully saturated rings. The lowest BCUT2D eigenvalue weighted by Gasteiger charge is -2.41. The van der Waals surface area contributed by atoms with Crippen LogP contribution in [-0.4, -0.2) is 138 Å². The Hall–Kier alpha value is -5.77. The van der Waals surface area contributed by atoms with Crippen LogP contribution in [0.5, 0.6) is 11.5 Å². The molecule has 6 aliphatic rings. The first-order valence-corrected chi connectivity index (χ1v) is 23.4. The summed E-state index contributed by atoms with van der Waals surface area (Å²) in [6, 6.07) is 23.1. The minimum Gasteiger partial charge on any atom is -0.457 e. The second-order valence-corrected chi connectivity index (χ2v) is 18.6. The first-order valence-electron chi connectivity index (χ1n) is 23.4. The summed E-state index contributed by atoms with van der Waals surface area (Å²) in [7, 11) is 0. The number of rotatable bonds is 12. The number of nitrogens with zero attached hydrogens (tertiary/aromatic N) is 7. The number of para-hydroxylation sites is 1. The van der Waals surface area contributed by atoms with E-state index in [1.54, 1.807) is 4.90 Å². The number of carbonyl (C=O) groups is 4. The van der Waals surface area contributed by atoms with Crippen LogP contribution in [0.25, 0.3) is 11.3 Å². The van der Waals surface area contributed by atoms with Crippen molar-refractivity contribution in [2.75, 3.05) is 88.8 Å². The number of piperidine rings is 3. The van der Waals surface area contributed by atoms with Crippen LogP contribution in [0.15, 0.2) is 72.8 Å².